The van der Waals surface area contributed by atoms with Crippen LogP contribution in [0.3, 0.4) is 0 Å². The maximum Gasteiger partial charge on any atom is 0.338 e. The standard InChI is InChI=1S/C12H4Cl4O4/c13-4-2-1-3-5(11(17)18)7(12(19)20)10(16)9(15)6(3)8(4)14/h1-2H,(H,17,18)(H,19,20). The van der Waals surface area contributed by atoms with Crippen LogP contribution < -0.4 is 0 Å². The average Bonchev–Trinajstić information content (AvgIpc) is 2.36. The van der Waals surface area contributed by atoms with E-state index in [4.69, 9.17) is 51.5 Å². The van der Waals surface area contributed by atoms with Gasteiger partial charge in [0.05, 0.1) is 31.2 Å². The van der Waals surface area contributed by atoms with E-state index < -0.39 is 28.1 Å². The number of carbonyl (C=O) groups is 2. The van der Waals surface area contributed by atoms with Gasteiger partial charge in [0.15, 0.2) is 0 Å². The largest absolute Gasteiger partial charge is 0.478 e. The lowest BCUT2D eigenvalue weighted by Crippen LogP contribution is -2.10. The van der Waals surface area contributed by atoms with Crippen LogP contribution in [-0.2, 0) is 0 Å². The number of benzene rings is 2. The van der Waals surface area contributed by atoms with Gasteiger partial charge in [0, 0.05) is 10.8 Å². The van der Waals surface area contributed by atoms with Crippen molar-refractivity contribution < 1.29 is 19.8 Å². The molecule has 4 nitrogen and oxygen atoms in total. The van der Waals surface area contributed by atoms with E-state index in [1.165, 1.54) is 12.1 Å². The molecule has 0 atom stereocenters. The monoisotopic (exact) mass is 352 g/mol. The van der Waals surface area contributed by atoms with Crippen LogP contribution in [0, 0.1) is 0 Å². The van der Waals surface area contributed by atoms with Gasteiger partial charge < -0.3 is 10.2 Å². The predicted octanol–water partition coefficient (Wildman–Crippen LogP) is 4.85. The Morgan fingerprint density at radius 1 is 0.800 bits per heavy atom. The lowest BCUT2D eigenvalue weighted by Gasteiger charge is -2.13. The van der Waals surface area contributed by atoms with Gasteiger partial charge >= 0.3 is 11.9 Å². The van der Waals surface area contributed by atoms with E-state index in [2.05, 4.69) is 0 Å². The van der Waals surface area contributed by atoms with E-state index in [0.717, 1.165) is 0 Å². The average molecular weight is 354 g/mol. The summed E-state index contributed by atoms with van der Waals surface area (Å²) in [5.74, 6) is -2.95. The molecule has 0 amide bonds. The van der Waals surface area contributed by atoms with Crippen LogP contribution in [0.5, 0.6) is 0 Å². The van der Waals surface area contributed by atoms with E-state index in [1.807, 2.05) is 0 Å². The zero-order valence-electron chi connectivity index (χ0n) is 9.38. The SMILES string of the molecule is O=C(O)c1c(Cl)c(Cl)c2c(Cl)c(Cl)ccc2c1C(=O)O. The molecule has 2 N–H and O–H groups in total. The van der Waals surface area contributed by atoms with E-state index in [1.54, 1.807) is 0 Å². The maximum absolute atomic E-state index is 11.4. The Balaban J connectivity index is 3.16. The van der Waals surface area contributed by atoms with E-state index in [9.17, 15) is 14.7 Å². The van der Waals surface area contributed by atoms with Crippen molar-refractivity contribution in [2.24, 2.45) is 0 Å². The molecule has 2 aromatic rings. The molecule has 2 aromatic carbocycles. The molecule has 0 aliphatic rings. The Morgan fingerprint density at radius 2 is 1.35 bits per heavy atom. The first kappa shape index (κ1) is 15.2. The van der Waals surface area contributed by atoms with Crippen molar-refractivity contribution in [2.75, 3.05) is 0 Å². The highest BCUT2D eigenvalue weighted by Crippen LogP contribution is 2.43. The maximum atomic E-state index is 11.4. The fourth-order valence-electron chi connectivity index (χ4n) is 1.86. The Bertz CT molecular complexity index is 770. The first-order chi connectivity index (χ1) is 9.27. The molecule has 0 aromatic heterocycles. The highest BCUT2D eigenvalue weighted by atomic mass is 35.5. The summed E-state index contributed by atoms with van der Waals surface area (Å²) in [4.78, 5) is 22.6. The zero-order valence-corrected chi connectivity index (χ0v) is 12.4. The van der Waals surface area contributed by atoms with E-state index in [0.29, 0.717) is 0 Å². The van der Waals surface area contributed by atoms with Crippen LogP contribution in [0.4, 0.5) is 0 Å². The summed E-state index contributed by atoms with van der Waals surface area (Å²) >= 11 is 23.7. The molecule has 0 aliphatic carbocycles. The minimum absolute atomic E-state index is 0.00973. The van der Waals surface area contributed by atoms with Gasteiger partial charge in [-0.05, 0) is 6.07 Å². The number of hydrogen-bond acceptors (Lipinski definition) is 2. The fraction of sp³-hybridized carbons (Fsp3) is 0. The van der Waals surface area contributed by atoms with Gasteiger partial charge in [0.25, 0.3) is 0 Å². The molecule has 2 rings (SSSR count). The summed E-state index contributed by atoms with van der Waals surface area (Å²) in [6.45, 7) is 0. The third kappa shape index (κ3) is 2.19. The molecule has 104 valence electrons. The molecule has 20 heavy (non-hydrogen) atoms. The summed E-state index contributed by atoms with van der Waals surface area (Å²) in [6.07, 6.45) is 0. The Hall–Kier alpha value is -1.20. The summed E-state index contributed by atoms with van der Waals surface area (Å²) in [6, 6.07) is 2.69. The van der Waals surface area contributed by atoms with Gasteiger partial charge in [-0.1, -0.05) is 52.5 Å². The molecule has 0 saturated heterocycles. The number of hydrogen-bond donors (Lipinski definition) is 2. The van der Waals surface area contributed by atoms with Gasteiger partial charge in [-0.2, -0.15) is 0 Å². The van der Waals surface area contributed by atoms with Gasteiger partial charge in [0.1, 0.15) is 0 Å². The van der Waals surface area contributed by atoms with Crippen LogP contribution in [0.1, 0.15) is 20.7 Å². The van der Waals surface area contributed by atoms with Crippen molar-refractivity contribution in [3.63, 3.8) is 0 Å². The van der Waals surface area contributed by atoms with Crippen molar-refractivity contribution >= 4 is 69.1 Å². The quantitative estimate of drug-likeness (QED) is 0.809. The number of fused-ring (bicyclic) bond motifs is 1. The molecular formula is C12H4Cl4O4. The molecule has 0 aliphatic heterocycles. The lowest BCUT2D eigenvalue weighted by atomic mass is 9.98. The molecular weight excluding hydrogens is 350 g/mol. The van der Waals surface area contributed by atoms with Gasteiger partial charge in [-0.3, -0.25) is 0 Å². The molecule has 0 radical (unpaired) electrons. The zero-order chi connectivity index (χ0) is 15.2. The van der Waals surface area contributed by atoms with Crippen molar-refractivity contribution in [2.45, 2.75) is 0 Å². The summed E-state index contributed by atoms with van der Waals surface area (Å²) in [5.41, 5.74) is -1.07. The molecule has 8 heteroatoms. The van der Waals surface area contributed by atoms with Gasteiger partial charge in [-0.25, -0.2) is 9.59 Å². The topological polar surface area (TPSA) is 74.6 Å². The minimum Gasteiger partial charge on any atom is -0.478 e. The van der Waals surface area contributed by atoms with Crippen molar-refractivity contribution in [1.29, 1.82) is 0 Å². The first-order valence-electron chi connectivity index (χ1n) is 5.02. The second-order valence-electron chi connectivity index (χ2n) is 3.77. The summed E-state index contributed by atoms with van der Waals surface area (Å²) < 4.78 is 0. The normalized spacial score (nSPS) is 10.8. The second-order valence-corrected chi connectivity index (χ2v) is 5.31. The second kappa shape index (κ2) is 5.30. The van der Waals surface area contributed by atoms with Gasteiger partial charge in [0.2, 0.25) is 0 Å². The fourth-order valence-corrected chi connectivity index (χ4v) is 2.89. The Kier molecular flexibility index (Phi) is 4.02. The van der Waals surface area contributed by atoms with Crippen LogP contribution in [-0.4, -0.2) is 22.2 Å². The third-order valence-electron chi connectivity index (χ3n) is 2.67. The van der Waals surface area contributed by atoms with E-state index >= 15 is 0 Å². The van der Waals surface area contributed by atoms with Crippen LogP contribution in [0.25, 0.3) is 10.8 Å². The van der Waals surface area contributed by atoms with Crippen molar-refractivity contribution in [3.8, 4) is 0 Å². The number of rotatable bonds is 2. The van der Waals surface area contributed by atoms with E-state index in [-0.39, 0.29) is 25.8 Å². The van der Waals surface area contributed by atoms with Crippen LogP contribution >= 0.6 is 46.4 Å². The summed E-state index contributed by atoms with van der Waals surface area (Å²) in [7, 11) is 0. The number of carboxylic acids is 2. The van der Waals surface area contributed by atoms with Crippen molar-refractivity contribution in [1.82, 2.24) is 0 Å². The number of halogens is 4. The summed E-state index contributed by atoms with van der Waals surface area (Å²) in [5, 5.41) is 18.2. The molecule has 0 fully saturated rings. The molecule has 0 spiro atoms. The first-order valence-corrected chi connectivity index (χ1v) is 6.53. The highest BCUT2D eigenvalue weighted by Gasteiger charge is 2.27. The molecule has 0 bridgehead atoms. The van der Waals surface area contributed by atoms with Crippen LogP contribution in [0.2, 0.25) is 20.1 Å². The van der Waals surface area contributed by atoms with Crippen LogP contribution in [0.15, 0.2) is 12.1 Å². The highest BCUT2D eigenvalue weighted by molar-refractivity contribution is 6.52. The third-order valence-corrected chi connectivity index (χ3v) is 4.33. The number of aromatic carboxylic acids is 2. The lowest BCUT2D eigenvalue weighted by molar-refractivity contribution is 0.0653. The Labute approximate surface area is 132 Å². The van der Waals surface area contributed by atoms with Crippen molar-refractivity contribution in [3.05, 3.63) is 43.4 Å². The molecule has 0 heterocycles. The van der Waals surface area contributed by atoms with Gasteiger partial charge in [-0.15, -0.1) is 0 Å². The Morgan fingerprint density at radius 3 is 1.85 bits per heavy atom. The number of carboxylic acid groups (broad SMARTS) is 2. The smallest absolute Gasteiger partial charge is 0.338 e. The predicted molar refractivity (Wildman–Crippen MR) is 77.9 cm³/mol. The molecule has 0 unspecified atom stereocenters. The molecule has 0 saturated carbocycles. The minimum atomic E-state index is -1.50.